The standard InChI is InChI=1S/C22H20N4O2/c27-21(12-11-17-15-23-26(16-17)19-7-2-1-3-8-19)24-18-6-4-9-20(14-18)25-13-5-10-22(25)28/h1-4,6-9,11-12,14-16H,5,10,13H2,(H,24,27)/b12-11+. The minimum Gasteiger partial charge on any atom is -0.322 e. The van der Waals surface area contributed by atoms with E-state index >= 15 is 0 Å². The molecule has 0 spiro atoms. The maximum Gasteiger partial charge on any atom is 0.248 e. The van der Waals surface area contributed by atoms with Gasteiger partial charge in [-0.15, -0.1) is 0 Å². The van der Waals surface area contributed by atoms with Gasteiger partial charge in [-0.05, 0) is 42.8 Å². The first-order valence-electron chi connectivity index (χ1n) is 9.19. The van der Waals surface area contributed by atoms with Crippen molar-refractivity contribution in [3.05, 3.63) is 78.6 Å². The molecule has 0 unspecified atom stereocenters. The van der Waals surface area contributed by atoms with Gasteiger partial charge in [0.2, 0.25) is 11.8 Å². The van der Waals surface area contributed by atoms with Crippen molar-refractivity contribution in [1.29, 1.82) is 0 Å². The molecule has 1 N–H and O–H groups in total. The van der Waals surface area contributed by atoms with Crippen molar-refractivity contribution in [1.82, 2.24) is 9.78 Å². The van der Waals surface area contributed by atoms with Crippen molar-refractivity contribution in [2.45, 2.75) is 12.8 Å². The molecule has 0 bridgehead atoms. The number of amides is 2. The zero-order valence-electron chi connectivity index (χ0n) is 15.3. The predicted molar refractivity (Wildman–Crippen MR) is 109 cm³/mol. The summed E-state index contributed by atoms with van der Waals surface area (Å²) in [5, 5.41) is 7.15. The first-order valence-corrected chi connectivity index (χ1v) is 9.19. The zero-order valence-corrected chi connectivity index (χ0v) is 15.3. The summed E-state index contributed by atoms with van der Waals surface area (Å²) >= 11 is 0. The Hall–Kier alpha value is -3.67. The van der Waals surface area contributed by atoms with E-state index in [1.807, 2.05) is 60.8 Å². The van der Waals surface area contributed by atoms with Crippen LogP contribution in [0, 0.1) is 0 Å². The molecule has 2 heterocycles. The Morgan fingerprint density at radius 3 is 2.68 bits per heavy atom. The average molecular weight is 372 g/mol. The van der Waals surface area contributed by atoms with Gasteiger partial charge < -0.3 is 10.2 Å². The third-order valence-corrected chi connectivity index (χ3v) is 4.55. The number of anilines is 2. The van der Waals surface area contributed by atoms with Gasteiger partial charge in [0.05, 0.1) is 11.9 Å². The highest BCUT2D eigenvalue weighted by molar-refractivity contribution is 6.02. The van der Waals surface area contributed by atoms with E-state index in [9.17, 15) is 9.59 Å². The van der Waals surface area contributed by atoms with E-state index < -0.39 is 0 Å². The molecule has 0 radical (unpaired) electrons. The summed E-state index contributed by atoms with van der Waals surface area (Å²) in [5.74, 6) is -0.115. The number of rotatable bonds is 5. The number of hydrogen-bond acceptors (Lipinski definition) is 3. The van der Waals surface area contributed by atoms with Crippen LogP contribution in [-0.2, 0) is 9.59 Å². The largest absolute Gasteiger partial charge is 0.322 e. The van der Waals surface area contributed by atoms with Crippen LogP contribution in [0.2, 0.25) is 0 Å². The van der Waals surface area contributed by atoms with Crippen LogP contribution >= 0.6 is 0 Å². The normalized spacial score (nSPS) is 14.0. The van der Waals surface area contributed by atoms with Gasteiger partial charge in [-0.1, -0.05) is 24.3 Å². The molecule has 2 amide bonds. The maximum atomic E-state index is 12.3. The highest BCUT2D eigenvalue weighted by Crippen LogP contribution is 2.24. The number of nitrogens with zero attached hydrogens (tertiary/aromatic N) is 3. The summed E-state index contributed by atoms with van der Waals surface area (Å²) in [6.07, 6.45) is 8.20. The molecule has 1 saturated heterocycles. The molecule has 1 fully saturated rings. The van der Waals surface area contributed by atoms with Crippen LogP contribution in [0.15, 0.2) is 73.1 Å². The van der Waals surface area contributed by atoms with Crippen LogP contribution in [0.5, 0.6) is 0 Å². The Bertz CT molecular complexity index is 1020. The summed E-state index contributed by atoms with van der Waals surface area (Å²) in [6, 6.07) is 17.1. The second kappa shape index (κ2) is 7.92. The van der Waals surface area contributed by atoms with Crippen LogP contribution in [-0.4, -0.2) is 28.1 Å². The summed E-state index contributed by atoms with van der Waals surface area (Å²) in [6.45, 7) is 0.724. The molecule has 0 atom stereocenters. The van der Waals surface area contributed by atoms with Crippen molar-refractivity contribution >= 4 is 29.3 Å². The molecule has 1 aliphatic heterocycles. The van der Waals surface area contributed by atoms with E-state index in [2.05, 4.69) is 10.4 Å². The van der Waals surface area contributed by atoms with Crippen LogP contribution in [0.1, 0.15) is 18.4 Å². The van der Waals surface area contributed by atoms with Gasteiger partial charge >= 0.3 is 0 Å². The Kier molecular flexibility index (Phi) is 5.01. The molecule has 6 heteroatoms. The van der Waals surface area contributed by atoms with Gasteiger partial charge in [0.25, 0.3) is 0 Å². The summed E-state index contributed by atoms with van der Waals surface area (Å²) in [5.41, 5.74) is 3.26. The van der Waals surface area contributed by atoms with Crippen molar-refractivity contribution in [3.63, 3.8) is 0 Å². The number of benzene rings is 2. The predicted octanol–water partition coefficient (Wildman–Crippen LogP) is 3.65. The Balaban J connectivity index is 1.41. The Morgan fingerprint density at radius 2 is 1.89 bits per heavy atom. The van der Waals surface area contributed by atoms with Crippen molar-refractivity contribution in [3.8, 4) is 5.69 Å². The highest BCUT2D eigenvalue weighted by atomic mass is 16.2. The lowest BCUT2D eigenvalue weighted by Crippen LogP contribution is -2.23. The second-order valence-electron chi connectivity index (χ2n) is 6.58. The molecule has 3 aromatic rings. The Labute approximate surface area is 163 Å². The first kappa shape index (κ1) is 17.7. The molecule has 6 nitrogen and oxygen atoms in total. The molecule has 1 aromatic heterocycles. The van der Waals surface area contributed by atoms with Gasteiger partial charge in [0.1, 0.15) is 0 Å². The summed E-state index contributed by atoms with van der Waals surface area (Å²) < 4.78 is 1.76. The number of hydrogen-bond donors (Lipinski definition) is 1. The van der Waals surface area contributed by atoms with Gasteiger partial charge in [-0.25, -0.2) is 4.68 Å². The lowest BCUT2D eigenvalue weighted by Gasteiger charge is -2.16. The zero-order chi connectivity index (χ0) is 19.3. The molecular formula is C22H20N4O2. The van der Waals surface area contributed by atoms with Crippen LogP contribution in [0.25, 0.3) is 11.8 Å². The summed E-state index contributed by atoms with van der Waals surface area (Å²) in [4.78, 5) is 25.9. The molecule has 1 aliphatic rings. The number of carbonyl (C=O) groups is 2. The number of para-hydroxylation sites is 1. The number of carbonyl (C=O) groups excluding carboxylic acids is 2. The van der Waals surface area contributed by atoms with E-state index in [4.69, 9.17) is 0 Å². The van der Waals surface area contributed by atoms with E-state index in [0.29, 0.717) is 12.1 Å². The number of nitrogens with one attached hydrogen (secondary N) is 1. The van der Waals surface area contributed by atoms with Crippen molar-refractivity contribution in [2.24, 2.45) is 0 Å². The van der Waals surface area contributed by atoms with Gasteiger partial charge in [0.15, 0.2) is 0 Å². The third kappa shape index (κ3) is 4.01. The third-order valence-electron chi connectivity index (χ3n) is 4.55. The highest BCUT2D eigenvalue weighted by Gasteiger charge is 2.21. The topological polar surface area (TPSA) is 67.2 Å². The fourth-order valence-electron chi connectivity index (χ4n) is 3.17. The van der Waals surface area contributed by atoms with Crippen LogP contribution in [0.4, 0.5) is 11.4 Å². The molecule has 2 aromatic carbocycles. The fourth-order valence-corrected chi connectivity index (χ4v) is 3.17. The maximum absolute atomic E-state index is 12.3. The van der Waals surface area contributed by atoms with E-state index in [1.54, 1.807) is 21.9 Å². The lowest BCUT2D eigenvalue weighted by atomic mass is 10.2. The molecular weight excluding hydrogens is 352 g/mol. The van der Waals surface area contributed by atoms with Crippen molar-refractivity contribution < 1.29 is 9.59 Å². The van der Waals surface area contributed by atoms with Crippen molar-refractivity contribution in [2.75, 3.05) is 16.8 Å². The quantitative estimate of drug-likeness (QED) is 0.695. The van der Waals surface area contributed by atoms with E-state index in [1.165, 1.54) is 6.08 Å². The SMILES string of the molecule is O=C(/C=C/c1cnn(-c2ccccc2)c1)Nc1cccc(N2CCCC2=O)c1. The molecule has 28 heavy (non-hydrogen) atoms. The average Bonchev–Trinajstić information content (AvgIpc) is 3.36. The van der Waals surface area contributed by atoms with Gasteiger partial charge in [0, 0.05) is 42.2 Å². The van der Waals surface area contributed by atoms with Crippen LogP contribution in [0.3, 0.4) is 0 Å². The van der Waals surface area contributed by atoms with Gasteiger partial charge in [-0.2, -0.15) is 5.10 Å². The first-order chi connectivity index (χ1) is 13.7. The van der Waals surface area contributed by atoms with Crippen LogP contribution < -0.4 is 10.2 Å². The smallest absolute Gasteiger partial charge is 0.248 e. The molecule has 0 aliphatic carbocycles. The summed E-state index contributed by atoms with van der Waals surface area (Å²) in [7, 11) is 0. The minimum atomic E-state index is -0.239. The fraction of sp³-hybridized carbons (Fsp3) is 0.136. The molecule has 140 valence electrons. The molecule has 0 saturated carbocycles. The number of aromatic nitrogens is 2. The minimum absolute atomic E-state index is 0.124. The van der Waals surface area contributed by atoms with E-state index in [0.717, 1.165) is 29.9 Å². The monoisotopic (exact) mass is 372 g/mol. The lowest BCUT2D eigenvalue weighted by molar-refractivity contribution is -0.117. The second-order valence-corrected chi connectivity index (χ2v) is 6.58. The van der Waals surface area contributed by atoms with Gasteiger partial charge in [-0.3, -0.25) is 9.59 Å². The Morgan fingerprint density at radius 1 is 1.07 bits per heavy atom. The molecule has 4 rings (SSSR count). The van der Waals surface area contributed by atoms with E-state index in [-0.39, 0.29) is 11.8 Å².